The van der Waals surface area contributed by atoms with Crippen LogP contribution in [0, 0.1) is 0 Å². The second-order valence-electron chi connectivity index (χ2n) is 5.75. The van der Waals surface area contributed by atoms with Gasteiger partial charge in [0.15, 0.2) is 0 Å². The molecule has 1 N–H and O–H groups in total. The average molecular weight is 323 g/mol. The lowest BCUT2D eigenvalue weighted by atomic mass is 10.1. The van der Waals surface area contributed by atoms with Gasteiger partial charge in [0.25, 0.3) is 0 Å². The Morgan fingerprint density at radius 1 is 1.12 bits per heavy atom. The zero-order chi connectivity index (χ0) is 17.2. The Labute approximate surface area is 144 Å². The van der Waals surface area contributed by atoms with E-state index in [-0.39, 0.29) is 11.9 Å². The number of hydrogen-bond donors (Lipinski definition) is 1. The Bertz CT molecular complexity index is 647. The molecule has 0 unspecified atom stereocenters. The molecule has 0 heterocycles. The number of ether oxygens (including phenoxy) is 1. The van der Waals surface area contributed by atoms with Crippen LogP contribution in [0.1, 0.15) is 43.9 Å². The highest BCUT2D eigenvalue weighted by Crippen LogP contribution is 2.14. The van der Waals surface area contributed by atoms with Crippen molar-refractivity contribution in [2.75, 3.05) is 6.61 Å². The third-order valence-electron chi connectivity index (χ3n) is 3.73. The van der Waals surface area contributed by atoms with Crippen molar-refractivity contribution in [1.29, 1.82) is 0 Å². The Morgan fingerprint density at radius 2 is 1.83 bits per heavy atom. The Balaban J connectivity index is 1.84. The maximum absolute atomic E-state index is 12.0. The summed E-state index contributed by atoms with van der Waals surface area (Å²) in [6.07, 6.45) is 5.55. The Kier molecular flexibility index (Phi) is 7.09. The van der Waals surface area contributed by atoms with Crippen LogP contribution < -0.4 is 10.1 Å². The summed E-state index contributed by atoms with van der Waals surface area (Å²) in [7, 11) is 0. The molecular weight excluding hydrogens is 298 g/mol. The van der Waals surface area contributed by atoms with E-state index in [1.807, 2.05) is 67.6 Å². The number of amides is 1. The molecular formula is C21H25NO2. The summed E-state index contributed by atoms with van der Waals surface area (Å²) in [6, 6.07) is 17.7. The summed E-state index contributed by atoms with van der Waals surface area (Å²) in [5.74, 6) is 0.761. The van der Waals surface area contributed by atoms with Crippen molar-refractivity contribution in [3.63, 3.8) is 0 Å². The monoisotopic (exact) mass is 323 g/mol. The predicted octanol–water partition coefficient (Wildman–Crippen LogP) is 4.76. The van der Waals surface area contributed by atoms with Crippen molar-refractivity contribution < 1.29 is 9.53 Å². The predicted molar refractivity (Wildman–Crippen MR) is 98.9 cm³/mol. The topological polar surface area (TPSA) is 38.3 Å². The number of carbonyl (C=O) groups excluding carboxylic acids is 1. The van der Waals surface area contributed by atoms with Crippen LogP contribution in [0.3, 0.4) is 0 Å². The zero-order valence-electron chi connectivity index (χ0n) is 14.4. The minimum Gasteiger partial charge on any atom is -0.494 e. The van der Waals surface area contributed by atoms with Gasteiger partial charge in [0.1, 0.15) is 5.75 Å². The summed E-state index contributed by atoms with van der Waals surface area (Å²) in [4.78, 5) is 12.0. The van der Waals surface area contributed by atoms with Crippen LogP contribution in [0.15, 0.2) is 60.7 Å². The molecule has 2 aromatic rings. The van der Waals surface area contributed by atoms with E-state index in [1.54, 1.807) is 6.08 Å². The smallest absolute Gasteiger partial charge is 0.244 e. The number of hydrogen-bond acceptors (Lipinski definition) is 2. The molecule has 126 valence electrons. The second kappa shape index (κ2) is 9.56. The third-order valence-corrected chi connectivity index (χ3v) is 3.73. The summed E-state index contributed by atoms with van der Waals surface area (Å²) in [6.45, 7) is 4.86. The summed E-state index contributed by atoms with van der Waals surface area (Å²) in [5.41, 5.74) is 2.06. The Morgan fingerprint density at radius 3 is 2.50 bits per heavy atom. The van der Waals surface area contributed by atoms with Crippen LogP contribution >= 0.6 is 0 Å². The van der Waals surface area contributed by atoms with Crippen molar-refractivity contribution in [1.82, 2.24) is 5.32 Å². The van der Waals surface area contributed by atoms with Crippen molar-refractivity contribution in [3.8, 4) is 5.75 Å². The molecule has 0 aliphatic heterocycles. The number of carbonyl (C=O) groups is 1. The van der Waals surface area contributed by atoms with Crippen LogP contribution in [0.5, 0.6) is 5.75 Å². The van der Waals surface area contributed by atoms with E-state index in [9.17, 15) is 4.79 Å². The molecule has 1 atom stereocenters. The van der Waals surface area contributed by atoms with Crippen LogP contribution in [0.25, 0.3) is 6.08 Å². The van der Waals surface area contributed by atoms with E-state index in [4.69, 9.17) is 4.74 Å². The van der Waals surface area contributed by atoms with Gasteiger partial charge in [0, 0.05) is 6.08 Å². The van der Waals surface area contributed by atoms with Crippen LogP contribution in [0.4, 0.5) is 0 Å². The lowest BCUT2D eigenvalue weighted by molar-refractivity contribution is -0.117. The molecule has 0 bridgehead atoms. The van der Waals surface area contributed by atoms with E-state index in [0.29, 0.717) is 0 Å². The molecule has 3 nitrogen and oxygen atoms in total. The summed E-state index contributed by atoms with van der Waals surface area (Å²) < 4.78 is 5.63. The maximum atomic E-state index is 12.0. The average Bonchev–Trinajstić information content (AvgIpc) is 2.62. The van der Waals surface area contributed by atoms with E-state index in [0.717, 1.165) is 36.3 Å². The SMILES string of the molecule is CCCCOc1ccc(/C=C/C(=O)N[C@H](C)c2ccccc2)cc1. The zero-order valence-corrected chi connectivity index (χ0v) is 14.4. The molecule has 2 rings (SSSR count). The summed E-state index contributed by atoms with van der Waals surface area (Å²) in [5, 5.41) is 2.96. The highest BCUT2D eigenvalue weighted by Gasteiger charge is 2.06. The van der Waals surface area contributed by atoms with E-state index < -0.39 is 0 Å². The lowest BCUT2D eigenvalue weighted by Gasteiger charge is -2.12. The molecule has 0 aliphatic rings. The molecule has 0 saturated carbocycles. The van der Waals surface area contributed by atoms with Gasteiger partial charge in [-0.2, -0.15) is 0 Å². The molecule has 2 aromatic carbocycles. The van der Waals surface area contributed by atoms with Crippen molar-refractivity contribution in [2.24, 2.45) is 0 Å². The van der Waals surface area contributed by atoms with Crippen molar-refractivity contribution >= 4 is 12.0 Å². The first-order valence-corrected chi connectivity index (χ1v) is 8.45. The minimum absolute atomic E-state index is 0.0160. The van der Waals surface area contributed by atoms with Gasteiger partial charge in [-0.15, -0.1) is 0 Å². The van der Waals surface area contributed by atoms with Crippen LogP contribution in [-0.4, -0.2) is 12.5 Å². The number of unbranched alkanes of at least 4 members (excludes halogenated alkanes) is 1. The van der Waals surface area contributed by atoms with Crippen LogP contribution in [0.2, 0.25) is 0 Å². The van der Waals surface area contributed by atoms with Gasteiger partial charge in [0.2, 0.25) is 5.91 Å². The van der Waals surface area contributed by atoms with Gasteiger partial charge < -0.3 is 10.1 Å². The van der Waals surface area contributed by atoms with E-state index in [1.165, 1.54) is 0 Å². The molecule has 24 heavy (non-hydrogen) atoms. The van der Waals surface area contributed by atoms with Gasteiger partial charge in [-0.25, -0.2) is 0 Å². The molecule has 0 radical (unpaired) electrons. The van der Waals surface area contributed by atoms with Gasteiger partial charge in [-0.1, -0.05) is 55.8 Å². The number of rotatable bonds is 8. The van der Waals surface area contributed by atoms with Gasteiger partial charge in [0.05, 0.1) is 12.6 Å². The first-order chi connectivity index (χ1) is 11.7. The standard InChI is InChI=1S/C21H25NO2/c1-3-4-16-24-20-13-10-18(11-14-20)12-15-21(23)22-17(2)19-8-6-5-7-9-19/h5-15,17H,3-4,16H2,1-2H3,(H,22,23)/b15-12+/t17-/m1/s1. The van der Waals surface area contributed by atoms with Crippen molar-refractivity contribution in [3.05, 3.63) is 71.8 Å². The van der Waals surface area contributed by atoms with E-state index in [2.05, 4.69) is 12.2 Å². The van der Waals surface area contributed by atoms with Gasteiger partial charge in [-0.3, -0.25) is 4.79 Å². The largest absolute Gasteiger partial charge is 0.494 e. The second-order valence-corrected chi connectivity index (χ2v) is 5.75. The van der Waals surface area contributed by atoms with Crippen LogP contribution in [-0.2, 0) is 4.79 Å². The van der Waals surface area contributed by atoms with Crippen molar-refractivity contribution in [2.45, 2.75) is 32.7 Å². The van der Waals surface area contributed by atoms with Gasteiger partial charge >= 0.3 is 0 Å². The third kappa shape index (κ3) is 5.92. The first-order valence-electron chi connectivity index (χ1n) is 8.45. The van der Waals surface area contributed by atoms with E-state index >= 15 is 0 Å². The highest BCUT2D eigenvalue weighted by molar-refractivity contribution is 5.91. The Hall–Kier alpha value is -2.55. The molecule has 0 aromatic heterocycles. The fourth-order valence-electron chi connectivity index (χ4n) is 2.27. The molecule has 0 spiro atoms. The fourth-order valence-corrected chi connectivity index (χ4v) is 2.27. The number of nitrogens with one attached hydrogen (secondary N) is 1. The number of benzene rings is 2. The minimum atomic E-state index is -0.102. The first kappa shape index (κ1) is 17.8. The molecule has 0 fully saturated rings. The molecule has 1 amide bonds. The molecule has 0 saturated heterocycles. The lowest BCUT2D eigenvalue weighted by Crippen LogP contribution is -2.24. The quantitative estimate of drug-likeness (QED) is 0.562. The van der Waals surface area contributed by atoms with Gasteiger partial charge in [-0.05, 0) is 42.7 Å². The summed E-state index contributed by atoms with van der Waals surface area (Å²) >= 11 is 0. The normalized spacial score (nSPS) is 12.1. The molecule has 0 aliphatic carbocycles. The molecule has 3 heteroatoms. The highest BCUT2D eigenvalue weighted by atomic mass is 16.5. The fraction of sp³-hybridized carbons (Fsp3) is 0.286. The maximum Gasteiger partial charge on any atom is 0.244 e.